The zero-order valence-electron chi connectivity index (χ0n) is 13.5. The molecule has 9 nitrogen and oxygen atoms in total. The van der Waals surface area contributed by atoms with Crippen LogP contribution in [0.25, 0.3) is 0 Å². The number of likely N-dealkylation sites (N-methyl/N-ethyl adjacent to an activating group) is 1. The summed E-state index contributed by atoms with van der Waals surface area (Å²) in [6.07, 6.45) is -5.94. The van der Waals surface area contributed by atoms with E-state index in [9.17, 15) is 15.0 Å². The first-order chi connectivity index (χ1) is 10.9. The van der Waals surface area contributed by atoms with E-state index in [2.05, 4.69) is 4.90 Å². The predicted molar refractivity (Wildman–Crippen MR) is 78.9 cm³/mol. The third-order valence-electron chi connectivity index (χ3n) is 3.83. The summed E-state index contributed by atoms with van der Waals surface area (Å²) in [6.45, 7) is 5.40. The summed E-state index contributed by atoms with van der Waals surface area (Å²) in [5.41, 5.74) is 0. The van der Waals surface area contributed by atoms with Gasteiger partial charge in [0.1, 0.15) is 31.0 Å². The van der Waals surface area contributed by atoms with Crippen molar-refractivity contribution in [1.29, 1.82) is 0 Å². The van der Waals surface area contributed by atoms with Gasteiger partial charge in [-0.25, -0.2) is 4.79 Å². The molecule has 1 rings (SSSR count). The summed E-state index contributed by atoms with van der Waals surface area (Å²) >= 11 is 0. The first kappa shape index (κ1) is 20.2. The Bertz CT molecular complexity index is 352. The number of carbonyl (C=O) groups is 1. The summed E-state index contributed by atoms with van der Waals surface area (Å²) in [5.74, 6) is -1.21. The van der Waals surface area contributed by atoms with E-state index < -0.39 is 49.9 Å². The highest BCUT2D eigenvalue weighted by Crippen LogP contribution is 2.24. The molecule has 5 atom stereocenters. The molecule has 1 fully saturated rings. The summed E-state index contributed by atoms with van der Waals surface area (Å²) in [7, 11) is 0. The maximum absolute atomic E-state index is 10.7. The Hall–Kier alpha value is -0.810. The fraction of sp³-hybridized carbons (Fsp3) is 0.929. The molecule has 1 heterocycles. The number of hydrogen-bond donors (Lipinski definition) is 4. The van der Waals surface area contributed by atoms with E-state index in [4.69, 9.17) is 24.4 Å². The molecule has 0 aromatic heterocycles. The monoisotopic (exact) mass is 337 g/mol. The van der Waals surface area contributed by atoms with Gasteiger partial charge in [-0.3, -0.25) is 0 Å². The zero-order chi connectivity index (χ0) is 17.4. The van der Waals surface area contributed by atoms with Crippen LogP contribution < -0.4 is 0 Å². The number of ether oxygens (including phenoxy) is 3. The van der Waals surface area contributed by atoms with Crippen LogP contribution in [0.1, 0.15) is 13.8 Å². The Kier molecular flexibility index (Phi) is 8.92. The Morgan fingerprint density at radius 3 is 2.35 bits per heavy atom. The van der Waals surface area contributed by atoms with Crippen LogP contribution in [-0.4, -0.2) is 101 Å². The van der Waals surface area contributed by atoms with Crippen molar-refractivity contribution in [3.8, 4) is 0 Å². The second-order valence-corrected chi connectivity index (χ2v) is 5.27. The maximum Gasteiger partial charge on any atom is 0.329 e. The van der Waals surface area contributed by atoms with Crippen molar-refractivity contribution in [2.45, 2.75) is 44.6 Å². The molecular weight excluding hydrogens is 310 g/mol. The van der Waals surface area contributed by atoms with Crippen molar-refractivity contribution in [3.05, 3.63) is 0 Å². The van der Waals surface area contributed by atoms with Crippen molar-refractivity contribution < 1.29 is 39.4 Å². The van der Waals surface area contributed by atoms with Gasteiger partial charge in [0, 0.05) is 6.54 Å². The fourth-order valence-corrected chi connectivity index (χ4v) is 2.45. The molecule has 0 radical (unpaired) electrons. The first-order valence-electron chi connectivity index (χ1n) is 7.74. The van der Waals surface area contributed by atoms with Crippen LogP contribution in [-0.2, 0) is 19.0 Å². The lowest BCUT2D eigenvalue weighted by Gasteiger charge is -2.42. The average molecular weight is 337 g/mol. The highest BCUT2D eigenvalue weighted by molar-refractivity contribution is 5.68. The number of aliphatic hydroxyl groups is 3. The van der Waals surface area contributed by atoms with Crippen molar-refractivity contribution in [1.82, 2.24) is 4.90 Å². The molecule has 5 unspecified atom stereocenters. The summed E-state index contributed by atoms with van der Waals surface area (Å²) < 4.78 is 15.8. The minimum atomic E-state index is -1.42. The highest BCUT2D eigenvalue weighted by atomic mass is 16.7. The highest BCUT2D eigenvalue weighted by Gasteiger charge is 2.46. The van der Waals surface area contributed by atoms with Gasteiger partial charge in [0.25, 0.3) is 0 Å². The van der Waals surface area contributed by atoms with Gasteiger partial charge in [0.2, 0.25) is 0 Å². The van der Waals surface area contributed by atoms with Crippen LogP contribution in [0.15, 0.2) is 0 Å². The van der Waals surface area contributed by atoms with Crippen molar-refractivity contribution in [2.75, 3.05) is 39.5 Å². The molecule has 1 aliphatic rings. The Labute approximate surface area is 135 Å². The molecule has 0 aliphatic carbocycles. The fourth-order valence-electron chi connectivity index (χ4n) is 2.45. The standard InChI is InChI=1S/C14H27NO8/c1-3-15(4-2)5-6-21-13-12(22-8-10(17)18)11(19)9(7-16)23-14(13)20/h9,11-14,16,19-20H,3-8H2,1-2H3,(H,17,18). The molecule has 0 saturated carbocycles. The van der Waals surface area contributed by atoms with Crippen LogP contribution in [0.3, 0.4) is 0 Å². The van der Waals surface area contributed by atoms with E-state index in [1.807, 2.05) is 13.8 Å². The Balaban J connectivity index is 2.67. The van der Waals surface area contributed by atoms with Gasteiger partial charge in [-0.15, -0.1) is 0 Å². The van der Waals surface area contributed by atoms with Gasteiger partial charge in [-0.1, -0.05) is 13.8 Å². The van der Waals surface area contributed by atoms with Crippen LogP contribution in [0.2, 0.25) is 0 Å². The minimum absolute atomic E-state index is 0.260. The van der Waals surface area contributed by atoms with E-state index in [0.717, 1.165) is 13.1 Å². The molecule has 0 spiro atoms. The van der Waals surface area contributed by atoms with E-state index in [1.165, 1.54) is 0 Å². The topological polar surface area (TPSA) is 129 Å². The van der Waals surface area contributed by atoms with Gasteiger partial charge < -0.3 is 39.5 Å². The van der Waals surface area contributed by atoms with Crippen LogP contribution >= 0.6 is 0 Å². The van der Waals surface area contributed by atoms with Crippen LogP contribution in [0.4, 0.5) is 0 Å². The average Bonchev–Trinajstić information content (AvgIpc) is 2.53. The van der Waals surface area contributed by atoms with Gasteiger partial charge in [-0.05, 0) is 13.1 Å². The summed E-state index contributed by atoms with van der Waals surface area (Å²) in [5, 5.41) is 38.0. The number of aliphatic hydroxyl groups excluding tert-OH is 3. The number of nitrogens with zero attached hydrogens (tertiary/aromatic N) is 1. The number of hydrogen-bond acceptors (Lipinski definition) is 8. The third-order valence-corrected chi connectivity index (χ3v) is 3.83. The maximum atomic E-state index is 10.7. The normalized spacial score (nSPS) is 31.5. The van der Waals surface area contributed by atoms with Crippen LogP contribution in [0, 0.1) is 0 Å². The lowest BCUT2D eigenvalue weighted by molar-refractivity contribution is -0.303. The third kappa shape index (κ3) is 5.96. The molecule has 0 amide bonds. The molecule has 4 N–H and O–H groups in total. The van der Waals surface area contributed by atoms with Gasteiger partial charge in [-0.2, -0.15) is 0 Å². The molecule has 23 heavy (non-hydrogen) atoms. The molecular formula is C14H27NO8. The van der Waals surface area contributed by atoms with Gasteiger partial charge in [0.15, 0.2) is 6.29 Å². The number of aliphatic carboxylic acids is 1. The molecule has 1 saturated heterocycles. The largest absolute Gasteiger partial charge is 0.480 e. The van der Waals surface area contributed by atoms with E-state index >= 15 is 0 Å². The van der Waals surface area contributed by atoms with Crippen molar-refractivity contribution >= 4 is 5.97 Å². The van der Waals surface area contributed by atoms with E-state index in [0.29, 0.717) is 6.54 Å². The first-order valence-corrected chi connectivity index (χ1v) is 7.74. The second kappa shape index (κ2) is 10.1. The summed E-state index contributed by atoms with van der Waals surface area (Å²) in [4.78, 5) is 12.8. The number of rotatable bonds is 10. The molecule has 1 aliphatic heterocycles. The Morgan fingerprint density at radius 1 is 1.17 bits per heavy atom. The number of carboxylic acid groups (broad SMARTS) is 1. The van der Waals surface area contributed by atoms with Crippen LogP contribution in [0.5, 0.6) is 0 Å². The van der Waals surface area contributed by atoms with Crippen molar-refractivity contribution in [2.24, 2.45) is 0 Å². The van der Waals surface area contributed by atoms with Gasteiger partial charge in [0.05, 0.1) is 13.2 Å². The molecule has 9 heteroatoms. The molecule has 0 aromatic rings. The lowest BCUT2D eigenvalue weighted by atomic mass is 9.99. The van der Waals surface area contributed by atoms with Crippen molar-refractivity contribution in [3.63, 3.8) is 0 Å². The lowest BCUT2D eigenvalue weighted by Crippen LogP contribution is -2.60. The molecule has 0 aromatic carbocycles. The summed E-state index contributed by atoms with van der Waals surface area (Å²) in [6, 6.07) is 0. The second-order valence-electron chi connectivity index (χ2n) is 5.27. The van der Waals surface area contributed by atoms with E-state index in [-0.39, 0.29) is 6.61 Å². The quantitative estimate of drug-likeness (QED) is 0.367. The molecule has 0 bridgehead atoms. The smallest absolute Gasteiger partial charge is 0.329 e. The SMILES string of the molecule is CCN(CC)CCOC1C(O)OC(CO)C(O)C1OCC(=O)O. The predicted octanol–water partition coefficient (Wildman–Crippen LogP) is -1.75. The molecule has 136 valence electrons. The van der Waals surface area contributed by atoms with Gasteiger partial charge >= 0.3 is 5.97 Å². The number of carboxylic acids is 1. The Morgan fingerprint density at radius 2 is 1.83 bits per heavy atom. The van der Waals surface area contributed by atoms with E-state index in [1.54, 1.807) is 0 Å². The zero-order valence-corrected chi connectivity index (χ0v) is 13.5. The minimum Gasteiger partial charge on any atom is -0.480 e.